The number of nitrogens with one attached hydrogen (secondary N) is 1. The predicted octanol–water partition coefficient (Wildman–Crippen LogP) is 3.34. The first-order valence-electron chi connectivity index (χ1n) is 6.88. The fraction of sp³-hybridized carbons (Fsp3) is 0.200. The van der Waals surface area contributed by atoms with Crippen LogP contribution in [0.25, 0.3) is 16.7 Å². The Labute approximate surface area is 130 Å². The van der Waals surface area contributed by atoms with Gasteiger partial charge < -0.3 is 11.1 Å². The first-order chi connectivity index (χ1) is 10.2. The number of fused-ring (bicyclic) bond motifs is 1. The van der Waals surface area contributed by atoms with Gasteiger partial charge in [0.25, 0.3) is 0 Å². The van der Waals surface area contributed by atoms with Gasteiger partial charge >= 0.3 is 0 Å². The number of nitrogens with zero attached hydrogens (tertiary/aromatic N) is 3. The Morgan fingerprint density at radius 1 is 1.14 bits per heavy atom. The number of anilines is 2. The number of rotatable bonds is 3. The van der Waals surface area contributed by atoms with Gasteiger partial charge in [-0.05, 0) is 65.2 Å². The maximum atomic E-state index is 5.83. The zero-order valence-corrected chi connectivity index (χ0v) is 12.8. The smallest absolute Gasteiger partial charge is 0.127 e. The van der Waals surface area contributed by atoms with Crippen molar-refractivity contribution in [3.63, 3.8) is 0 Å². The van der Waals surface area contributed by atoms with Gasteiger partial charge in [0.15, 0.2) is 0 Å². The molecule has 0 bridgehead atoms. The highest BCUT2D eigenvalue weighted by molar-refractivity contribution is 9.10. The van der Waals surface area contributed by atoms with Gasteiger partial charge in [-0.3, -0.25) is 0 Å². The largest absolute Gasteiger partial charge is 0.399 e. The molecule has 1 aromatic heterocycles. The van der Waals surface area contributed by atoms with E-state index in [1.807, 2.05) is 24.3 Å². The topological polar surface area (TPSA) is 68.8 Å². The van der Waals surface area contributed by atoms with Gasteiger partial charge in [-0.15, -0.1) is 10.2 Å². The van der Waals surface area contributed by atoms with Crippen molar-refractivity contribution in [2.75, 3.05) is 11.1 Å². The van der Waals surface area contributed by atoms with Crippen LogP contribution in [0.4, 0.5) is 11.4 Å². The van der Waals surface area contributed by atoms with Crippen LogP contribution < -0.4 is 11.1 Å². The summed E-state index contributed by atoms with van der Waals surface area (Å²) in [5, 5.41) is 12.5. The molecule has 106 valence electrons. The van der Waals surface area contributed by atoms with Gasteiger partial charge in [-0.25, -0.2) is 0 Å². The number of benzene rings is 2. The highest BCUT2D eigenvalue weighted by Gasteiger charge is 2.20. The summed E-state index contributed by atoms with van der Waals surface area (Å²) >= 11 is 3.47. The van der Waals surface area contributed by atoms with Crippen molar-refractivity contribution in [2.24, 2.45) is 0 Å². The Balaban J connectivity index is 1.70. The molecule has 1 aliphatic carbocycles. The van der Waals surface area contributed by atoms with E-state index in [1.54, 1.807) is 4.80 Å². The molecule has 3 aromatic rings. The second-order valence-corrected chi connectivity index (χ2v) is 6.18. The quantitative estimate of drug-likeness (QED) is 0.715. The molecule has 1 aliphatic rings. The highest BCUT2D eigenvalue weighted by atomic mass is 79.9. The molecule has 21 heavy (non-hydrogen) atoms. The van der Waals surface area contributed by atoms with Crippen molar-refractivity contribution in [1.82, 2.24) is 15.0 Å². The van der Waals surface area contributed by atoms with Crippen LogP contribution in [0.3, 0.4) is 0 Å². The molecular formula is C15H14BrN5. The second-order valence-electron chi connectivity index (χ2n) is 5.33. The third-order valence-electron chi connectivity index (χ3n) is 3.51. The monoisotopic (exact) mass is 343 g/mol. The number of hydrogen-bond acceptors (Lipinski definition) is 4. The van der Waals surface area contributed by atoms with Crippen LogP contribution in [-0.2, 0) is 0 Å². The van der Waals surface area contributed by atoms with Gasteiger partial charge in [0.05, 0.1) is 5.69 Å². The minimum atomic E-state index is 0.653. The van der Waals surface area contributed by atoms with E-state index in [4.69, 9.17) is 5.73 Å². The predicted molar refractivity (Wildman–Crippen MR) is 87.6 cm³/mol. The van der Waals surface area contributed by atoms with Crippen LogP contribution in [0.15, 0.2) is 40.9 Å². The molecule has 1 heterocycles. The van der Waals surface area contributed by atoms with Crippen molar-refractivity contribution < 1.29 is 0 Å². The van der Waals surface area contributed by atoms with Crippen LogP contribution in [0.1, 0.15) is 12.8 Å². The molecule has 1 fully saturated rings. The van der Waals surface area contributed by atoms with E-state index < -0.39 is 0 Å². The van der Waals surface area contributed by atoms with Crippen LogP contribution in [0.2, 0.25) is 0 Å². The Bertz CT molecular complexity index is 805. The lowest BCUT2D eigenvalue weighted by atomic mass is 10.3. The maximum Gasteiger partial charge on any atom is 0.127 e. The molecule has 6 heteroatoms. The molecule has 0 radical (unpaired) electrons. The first-order valence-corrected chi connectivity index (χ1v) is 7.67. The molecule has 4 rings (SSSR count). The Hall–Kier alpha value is -2.08. The van der Waals surface area contributed by atoms with Crippen LogP contribution in [-0.4, -0.2) is 21.0 Å². The summed E-state index contributed by atoms with van der Waals surface area (Å²) < 4.78 is 0.857. The van der Waals surface area contributed by atoms with E-state index in [0.29, 0.717) is 11.7 Å². The van der Waals surface area contributed by atoms with E-state index in [1.165, 1.54) is 12.8 Å². The van der Waals surface area contributed by atoms with Crippen LogP contribution in [0.5, 0.6) is 0 Å². The van der Waals surface area contributed by atoms with Crippen molar-refractivity contribution >= 4 is 38.3 Å². The van der Waals surface area contributed by atoms with E-state index in [0.717, 1.165) is 26.9 Å². The number of aromatic nitrogens is 3. The summed E-state index contributed by atoms with van der Waals surface area (Å²) in [6, 6.07) is 12.5. The summed E-state index contributed by atoms with van der Waals surface area (Å²) in [4.78, 5) is 1.63. The van der Waals surface area contributed by atoms with Gasteiger partial charge in [-0.2, -0.15) is 4.80 Å². The lowest BCUT2D eigenvalue weighted by molar-refractivity contribution is 0.765. The van der Waals surface area contributed by atoms with E-state index in [2.05, 4.69) is 43.6 Å². The maximum absolute atomic E-state index is 5.83. The molecule has 3 N–H and O–H groups in total. The van der Waals surface area contributed by atoms with Crippen molar-refractivity contribution in [2.45, 2.75) is 18.9 Å². The lowest BCUT2D eigenvalue weighted by Crippen LogP contribution is -2.02. The average Bonchev–Trinajstić information content (AvgIpc) is 3.16. The molecule has 0 amide bonds. The number of hydrogen-bond donors (Lipinski definition) is 2. The Kier molecular flexibility index (Phi) is 2.85. The highest BCUT2D eigenvalue weighted by Crippen LogP contribution is 2.26. The van der Waals surface area contributed by atoms with Gasteiger partial charge in [0, 0.05) is 21.9 Å². The second kappa shape index (κ2) is 4.73. The molecule has 0 saturated heterocycles. The third kappa shape index (κ3) is 2.47. The van der Waals surface area contributed by atoms with Gasteiger partial charge in [0.2, 0.25) is 0 Å². The van der Waals surface area contributed by atoms with Crippen molar-refractivity contribution in [3.8, 4) is 5.69 Å². The molecule has 0 spiro atoms. The molecule has 2 aromatic carbocycles. The fourth-order valence-electron chi connectivity index (χ4n) is 2.27. The Morgan fingerprint density at radius 2 is 1.90 bits per heavy atom. The molecule has 0 atom stereocenters. The molecule has 0 aliphatic heterocycles. The number of nitrogens with two attached hydrogens (primary N) is 1. The zero-order chi connectivity index (χ0) is 14.4. The summed E-state index contributed by atoms with van der Waals surface area (Å²) in [5.41, 5.74) is 10.2. The molecule has 0 unspecified atom stereocenters. The van der Waals surface area contributed by atoms with Crippen LogP contribution >= 0.6 is 15.9 Å². The molecular weight excluding hydrogens is 330 g/mol. The summed E-state index contributed by atoms with van der Waals surface area (Å²) in [5.74, 6) is 0. The third-order valence-corrected chi connectivity index (χ3v) is 4.11. The minimum Gasteiger partial charge on any atom is -0.399 e. The molecule has 1 saturated carbocycles. The van der Waals surface area contributed by atoms with Crippen molar-refractivity contribution in [1.29, 1.82) is 0 Å². The average molecular weight is 344 g/mol. The standard InChI is InChI=1S/C15H14BrN5/c16-13-7-9(17)8-14-15(13)20-21(19-14)12-5-3-11(4-6-12)18-10-1-2-10/h3-8,10,18H,1-2,17H2. The normalized spacial score (nSPS) is 14.5. The minimum absolute atomic E-state index is 0.653. The fourth-order valence-corrected chi connectivity index (χ4v) is 2.82. The summed E-state index contributed by atoms with van der Waals surface area (Å²) in [6.45, 7) is 0. The van der Waals surface area contributed by atoms with Gasteiger partial charge in [0.1, 0.15) is 11.0 Å². The van der Waals surface area contributed by atoms with E-state index in [-0.39, 0.29) is 0 Å². The van der Waals surface area contributed by atoms with E-state index >= 15 is 0 Å². The Morgan fingerprint density at radius 3 is 2.62 bits per heavy atom. The zero-order valence-electron chi connectivity index (χ0n) is 11.3. The van der Waals surface area contributed by atoms with Gasteiger partial charge in [-0.1, -0.05) is 0 Å². The van der Waals surface area contributed by atoms with Crippen molar-refractivity contribution in [3.05, 3.63) is 40.9 Å². The number of halogens is 1. The SMILES string of the molecule is Nc1cc(Br)c2nn(-c3ccc(NC4CC4)cc3)nc2c1. The lowest BCUT2D eigenvalue weighted by Gasteiger charge is -2.05. The summed E-state index contributed by atoms with van der Waals surface area (Å²) in [7, 11) is 0. The first kappa shape index (κ1) is 12.6. The molecule has 5 nitrogen and oxygen atoms in total. The number of nitrogen functional groups attached to an aromatic ring is 1. The van der Waals surface area contributed by atoms with Crippen LogP contribution in [0, 0.1) is 0 Å². The van der Waals surface area contributed by atoms with E-state index in [9.17, 15) is 0 Å². The summed E-state index contributed by atoms with van der Waals surface area (Å²) in [6.07, 6.45) is 2.53.